The minimum absolute atomic E-state index is 0.0743. The molecular weight excluding hydrogens is 413 g/mol. The quantitative estimate of drug-likeness (QED) is 0.129. The van der Waals surface area contributed by atoms with E-state index in [1.807, 2.05) is 31.5 Å². The largest absolute Gasteiger partial charge is 0.393 e. The van der Waals surface area contributed by atoms with Gasteiger partial charge in [-0.3, -0.25) is 9.36 Å². The molecule has 0 saturated heterocycles. The molecule has 0 bridgehead atoms. The third-order valence-corrected chi connectivity index (χ3v) is 7.74. The lowest BCUT2D eigenvalue weighted by Crippen LogP contribution is -2.27. The van der Waals surface area contributed by atoms with Crippen LogP contribution >= 0.6 is 29.0 Å². The van der Waals surface area contributed by atoms with E-state index in [9.17, 15) is 24.0 Å². The average molecular weight is 439 g/mol. The van der Waals surface area contributed by atoms with Crippen molar-refractivity contribution in [2.24, 2.45) is 10.9 Å². The van der Waals surface area contributed by atoms with Crippen LogP contribution in [0.15, 0.2) is 28.4 Å². The molecule has 0 aliphatic carbocycles. The molecule has 0 aromatic heterocycles. The highest BCUT2D eigenvalue weighted by molar-refractivity contribution is 8.78. The molecular formula is C15H26N3O6PS2. The predicted molar refractivity (Wildman–Crippen MR) is 110 cm³/mol. The summed E-state index contributed by atoms with van der Waals surface area (Å²) in [4.78, 5) is 46.9. The lowest BCUT2D eigenvalue weighted by Gasteiger charge is -2.14. The van der Waals surface area contributed by atoms with Gasteiger partial charge in [0.15, 0.2) is 0 Å². The van der Waals surface area contributed by atoms with E-state index in [0.717, 1.165) is 0 Å². The Kier molecular flexibility index (Phi) is 14.0. The summed E-state index contributed by atoms with van der Waals surface area (Å²) in [5.41, 5.74) is 7.65. The van der Waals surface area contributed by atoms with Gasteiger partial charge in [-0.25, -0.2) is 4.79 Å². The van der Waals surface area contributed by atoms with Crippen LogP contribution in [-0.2, 0) is 19.0 Å². The van der Waals surface area contributed by atoms with E-state index in [4.69, 9.17) is 5.73 Å². The second kappa shape index (κ2) is 14.7. The molecule has 0 spiro atoms. The molecule has 0 fully saturated rings. The highest BCUT2D eigenvalue weighted by Crippen LogP contribution is 2.44. The van der Waals surface area contributed by atoms with Crippen molar-refractivity contribution in [1.82, 2.24) is 5.48 Å². The van der Waals surface area contributed by atoms with Crippen LogP contribution in [0.4, 0.5) is 0 Å². The van der Waals surface area contributed by atoms with Crippen molar-refractivity contribution >= 4 is 40.8 Å². The molecule has 1 amide bonds. The maximum Gasteiger partial charge on any atom is 0.332 e. The first-order chi connectivity index (χ1) is 12.7. The lowest BCUT2D eigenvalue weighted by atomic mass is 10.4. The standard InChI is InChI=1S/C15H26N3O6PS2/c1-3-4-5-13(16)27-26-12(2)7-10-25(22,23)11-8-15(20)24-18-14(19)6-9-17-21/h3-5,12H,6-11,16H2,1-2H3,(H,18,19)(H,22,23)/b4-3-,13-5+. The van der Waals surface area contributed by atoms with E-state index >= 15 is 0 Å². The molecule has 0 aromatic rings. The summed E-state index contributed by atoms with van der Waals surface area (Å²) >= 11 is 0. The highest BCUT2D eigenvalue weighted by Gasteiger charge is 2.22. The van der Waals surface area contributed by atoms with Crippen LogP contribution in [0.5, 0.6) is 0 Å². The summed E-state index contributed by atoms with van der Waals surface area (Å²) in [5.74, 6) is -1.49. The van der Waals surface area contributed by atoms with Crippen LogP contribution in [-0.4, -0.2) is 40.9 Å². The van der Waals surface area contributed by atoms with E-state index < -0.39 is 19.2 Å². The molecule has 0 heterocycles. The van der Waals surface area contributed by atoms with Crippen LogP contribution in [0, 0.1) is 4.91 Å². The van der Waals surface area contributed by atoms with E-state index in [-0.39, 0.29) is 37.0 Å². The van der Waals surface area contributed by atoms with Crippen LogP contribution in [0.3, 0.4) is 0 Å². The van der Waals surface area contributed by atoms with Gasteiger partial charge >= 0.3 is 5.97 Å². The van der Waals surface area contributed by atoms with Crippen LogP contribution < -0.4 is 11.2 Å². The van der Waals surface area contributed by atoms with Gasteiger partial charge in [-0.2, -0.15) is 10.4 Å². The second-order valence-corrected chi connectivity index (χ2v) is 10.8. The zero-order valence-electron chi connectivity index (χ0n) is 15.3. The van der Waals surface area contributed by atoms with Gasteiger partial charge < -0.3 is 15.5 Å². The molecule has 0 saturated carbocycles. The number of allylic oxidation sites excluding steroid dienone is 3. The number of hydrogen-bond donors (Lipinski definition) is 3. The maximum atomic E-state index is 12.1. The Morgan fingerprint density at radius 1 is 1.37 bits per heavy atom. The van der Waals surface area contributed by atoms with Gasteiger partial charge in [-0.05, 0) is 30.2 Å². The molecule has 9 nitrogen and oxygen atoms in total. The maximum absolute atomic E-state index is 12.1. The fraction of sp³-hybridized carbons (Fsp3) is 0.600. The van der Waals surface area contributed by atoms with E-state index in [1.165, 1.54) is 21.6 Å². The molecule has 154 valence electrons. The Balaban J connectivity index is 4.08. The summed E-state index contributed by atoms with van der Waals surface area (Å²) in [6.45, 7) is 3.59. The third-order valence-electron chi connectivity index (χ3n) is 3.02. The minimum atomic E-state index is -3.48. The molecule has 27 heavy (non-hydrogen) atoms. The zero-order chi connectivity index (χ0) is 20.7. The third kappa shape index (κ3) is 15.5. The topological polar surface area (TPSA) is 148 Å². The Bertz CT molecular complexity index is 600. The number of amides is 1. The van der Waals surface area contributed by atoms with Crippen molar-refractivity contribution < 1.29 is 23.9 Å². The van der Waals surface area contributed by atoms with Gasteiger partial charge in [-0.1, -0.05) is 35.0 Å². The van der Waals surface area contributed by atoms with Crippen molar-refractivity contribution in [2.45, 2.75) is 38.4 Å². The number of nitrogens with two attached hydrogens (primary N) is 1. The molecule has 0 rings (SSSR count). The fourth-order valence-electron chi connectivity index (χ4n) is 1.53. The van der Waals surface area contributed by atoms with Gasteiger partial charge in [0.2, 0.25) is 7.37 Å². The second-order valence-electron chi connectivity index (χ2n) is 5.52. The zero-order valence-corrected chi connectivity index (χ0v) is 17.9. The van der Waals surface area contributed by atoms with Crippen molar-refractivity contribution in [1.29, 1.82) is 0 Å². The Morgan fingerprint density at radius 2 is 2.07 bits per heavy atom. The molecule has 0 aliphatic rings. The van der Waals surface area contributed by atoms with Gasteiger partial charge in [0.25, 0.3) is 5.91 Å². The normalized spacial score (nSPS) is 15.1. The van der Waals surface area contributed by atoms with E-state index in [1.54, 1.807) is 6.08 Å². The molecule has 0 radical (unpaired) electrons. The van der Waals surface area contributed by atoms with Crippen molar-refractivity contribution in [3.8, 4) is 0 Å². The first kappa shape index (κ1) is 25.7. The summed E-state index contributed by atoms with van der Waals surface area (Å²) in [7, 11) is -0.573. The number of carbonyl (C=O) groups is 2. The minimum Gasteiger partial charge on any atom is -0.393 e. The highest BCUT2D eigenvalue weighted by atomic mass is 33.1. The number of hydrogen-bond acceptors (Lipinski definition) is 9. The first-order valence-electron chi connectivity index (χ1n) is 8.20. The van der Waals surface area contributed by atoms with Crippen LogP contribution in [0.25, 0.3) is 0 Å². The van der Waals surface area contributed by atoms with Crippen LogP contribution in [0.2, 0.25) is 0 Å². The number of carbonyl (C=O) groups excluding carboxylic acids is 2. The van der Waals surface area contributed by atoms with E-state index in [0.29, 0.717) is 11.4 Å². The number of nitrogens with zero attached hydrogens (tertiary/aromatic N) is 1. The monoisotopic (exact) mass is 439 g/mol. The SMILES string of the molecule is C/C=C\C=C(/N)SSC(C)CCP(=O)(O)CCC(=O)ONC(=O)CCN=O. The smallest absolute Gasteiger partial charge is 0.332 e. The summed E-state index contributed by atoms with van der Waals surface area (Å²) in [6.07, 6.45) is 5.31. The number of nitroso groups, excluding NO2 is 1. The average Bonchev–Trinajstić information content (AvgIpc) is 2.64. The Hall–Kier alpha value is -1.29. The fourth-order valence-corrected chi connectivity index (χ4v) is 5.16. The molecule has 0 aliphatic heterocycles. The lowest BCUT2D eigenvalue weighted by molar-refractivity contribution is -0.157. The van der Waals surface area contributed by atoms with Crippen molar-refractivity contribution in [3.05, 3.63) is 28.2 Å². The van der Waals surface area contributed by atoms with E-state index in [2.05, 4.69) is 10.0 Å². The van der Waals surface area contributed by atoms with Gasteiger partial charge in [0, 0.05) is 17.6 Å². The Labute approximate surface area is 166 Å². The van der Waals surface area contributed by atoms with Crippen LogP contribution in [0.1, 0.15) is 33.1 Å². The Morgan fingerprint density at radius 3 is 2.70 bits per heavy atom. The predicted octanol–water partition coefficient (Wildman–Crippen LogP) is 2.91. The first-order valence-corrected chi connectivity index (χ1v) is 12.4. The van der Waals surface area contributed by atoms with Gasteiger partial charge in [-0.15, -0.1) is 0 Å². The molecule has 2 unspecified atom stereocenters. The van der Waals surface area contributed by atoms with Gasteiger partial charge in [0.1, 0.15) is 0 Å². The summed E-state index contributed by atoms with van der Waals surface area (Å²) < 4.78 is 12.1. The van der Waals surface area contributed by atoms with Gasteiger partial charge in [0.05, 0.1) is 24.4 Å². The number of hydroxylamine groups is 1. The summed E-state index contributed by atoms with van der Waals surface area (Å²) in [5, 5.41) is 3.25. The molecule has 4 N–H and O–H groups in total. The molecule has 12 heteroatoms. The molecule has 0 aromatic carbocycles. The number of rotatable bonds is 13. The van der Waals surface area contributed by atoms with Crippen molar-refractivity contribution in [2.75, 3.05) is 18.9 Å². The molecule has 2 atom stereocenters. The number of nitrogens with one attached hydrogen (secondary N) is 1. The van der Waals surface area contributed by atoms with Crippen molar-refractivity contribution in [3.63, 3.8) is 0 Å². The summed E-state index contributed by atoms with van der Waals surface area (Å²) in [6, 6.07) is 0.